The first kappa shape index (κ1) is 15.0. The van der Waals surface area contributed by atoms with Crippen LogP contribution in [-0.2, 0) is 16.6 Å². The summed E-state index contributed by atoms with van der Waals surface area (Å²) < 4.78 is 27.7. The van der Waals surface area contributed by atoms with Gasteiger partial charge in [-0.15, -0.1) is 11.3 Å². The lowest BCUT2D eigenvalue weighted by Gasteiger charge is -2.07. The highest BCUT2D eigenvalue weighted by molar-refractivity contribution is 9.11. The molecule has 1 N–H and O–H groups in total. The normalized spacial score (nSPS) is 11.7. The van der Waals surface area contributed by atoms with Gasteiger partial charge < -0.3 is 0 Å². The van der Waals surface area contributed by atoms with Crippen LogP contribution in [0.2, 0.25) is 5.02 Å². The lowest BCUT2D eigenvalue weighted by molar-refractivity contribution is 0.581. The van der Waals surface area contributed by atoms with Crippen molar-refractivity contribution in [3.05, 3.63) is 49.6 Å². The van der Waals surface area contributed by atoms with Crippen LogP contribution < -0.4 is 4.72 Å². The summed E-state index contributed by atoms with van der Waals surface area (Å²) in [4.78, 5) is 1.05. The SMILES string of the molecule is Cc1sc(Br)cc1S(=O)(=O)NCc1ccccc1Cl. The number of rotatable bonds is 4. The van der Waals surface area contributed by atoms with Crippen molar-refractivity contribution in [2.24, 2.45) is 0 Å². The van der Waals surface area contributed by atoms with Gasteiger partial charge >= 0.3 is 0 Å². The quantitative estimate of drug-likeness (QED) is 0.873. The monoisotopic (exact) mass is 379 g/mol. The van der Waals surface area contributed by atoms with Gasteiger partial charge in [-0.2, -0.15) is 0 Å². The van der Waals surface area contributed by atoms with Gasteiger partial charge in [0, 0.05) is 16.4 Å². The molecule has 102 valence electrons. The molecule has 0 aliphatic heterocycles. The van der Waals surface area contributed by atoms with Gasteiger partial charge in [-0.1, -0.05) is 29.8 Å². The Morgan fingerprint density at radius 3 is 2.63 bits per heavy atom. The molecular formula is C12H11BrClNO2S2. The molecule has 3 nitrogen and oxygen atoms in total. The van der Waals surface area contributed by atoms with Crippen molar-refractivity contribution >= 4 is 48.9 Å². The van der Waals surface area contributed by atoms with Crippen LogP contribution in [-0.4, -0.2) is 8.42 Å². The molecule has 0 amide bonds. The van der Waals surface area contributed by atoms with E-state index in [0.717, 1.165) is 14.2 Å². The Balaban J connectivity index is 2.19. The Bertz CT molecular complexity index is 698. The van der Waals surface area contributed by atoms with E-state index in [2.05, 4.69) is 20.7 Å². The predicted octanol–water partition coefficient (Wildman–Crippen LogP) is 3.95. The van der Waals surface area contributed by atoms with Crippen molar-refractivity contribution in [2.45, 2.75) is 18.4 Å². The highest BCUT2D eigenvalue weighted by Gasteiger charge is 2.19. The molecule has 0 bridgehead atoms. The van der Waals surface area contributed by atoms with E-state index < -0.39 is 10.0 Å². The van der Waals surface area contributed by atoms with Crippen molar-refractivity contribution in [1.82, 2.24) is 4.72 Å². The zero-order valence-corrected chi connectivity index (χ0v) is 14.0. The second-order valence-corrected chi connectivity index (χ2v) is 8.67. The van der Waals surface area contributed by atoms with E-state index in [1.165, 1.54) is 11.3 Å². The number of aryl methyl sites for hydroxylation is 1. The molecule has 0 fully saturated rings. The molecule has 2 aromatic rings. The zero-order chi connectivity index (χ0) is 14.0. The molecule has 1 aromatic carbocycles. The second kappa shape index (κ2) is 5.93. The molecule has 0 saturated carbocycles. The number of halogens is 2. The van der Waals surface area contributed by atoms with Crippen molar-refractivity contribution in [3.63, 3.8) is 0 Å². The zero-order valence-electron chi connectivity index (χ0n) is 9.98. The fourth-order valence-corrected chi connectivity index (χ4v) is 5.21. The first-order chi connectivity index (χ1) is 8.90. The summed E-state index contributed by atoms with van der Waals surface area (Å²) >= 11 is 10.7. The molecule has 0 aliphatic carbocycles. The van der Waals surface area contributed by atoms with Crippen molar-refractivity contribution < 1.29 is 8.42 Å². The first-order valence-electron chi connectivity index (χ1n) is 5.39. The van der Waals surface area contributed by atoms with E-state index in [9.17, 15) is 8.42 Å². The molecule has 7 heteroatoms. The third-order valence-corrected chi connectivity index (χ3v) is 6.12. The van der Waals surface area contributed by atoms with E-state index in [1.54, 1.807) is 31.2 Å². The molecule has 1 heterocycles. The minimum absolute atomic E-state index is 0.176. The number of nitrogens with one attached hydrogen (secondary N) is 1. The summed E-state index contributed by atoms with van der Waals surface area (Å²) in [5.41, 5.74) is 0.750. The smallest absolute Gasteiger partial charge is 0.207 e. The van der Waals surface area contributed by atoms with Crippen LogP contribution in [0.4, 0.5) is 0 Å². The van der Waals surface area contributed by atoms with Crippen LogP contribution in [0.3, 0.4) is 0 Å². The van der Waals surface area contributed by atoms with Crippen LogP contribution in [0.25, 0.3) is 0 Å². The highest BCUT2D eigenvalue weighted by Crippen LogP contribution is 2.29. The van der Waals surface area contributed by atoms with Crippen LogP contribution >= 0.6 is 38.9 Å². The van der Waals surface area contributed by atoms with E-state index in [1.807, 2.05) is 6.07 Å². The fraction of sp³-hybridized carbons (Fsp3) is 0.167. The van der Waals surface area contributed by atoms with Crippen LogP contribution in [0.1, 0.15) is 10.4 Å². The molecule has 1 aromatic heterocycles. The standard InChI is InChI=1S/C12H11BrClNO2S2/c1-8-11(6-12(13)18-8)19(16,17)15-7-9-4-2-3-5-10(9)14/h2-6,15H,7H2,1H3. The Labute approximate surface area is 129 Å². The second-order valence-electron chi connectivity index (χ2n) is 3.89. The number of hydrogen-bond acceptors (Lipinski definition) is 3. The van der Waals surface area contributed by atoms with E-state index >= 15 is 0 Å². The minimum atomic E-state index is -3.51. The van der Waals surface area contributed by atoms with Gasteiger partial charge in [0.15, 0.2) is 0 Å². The molecule has 0 spiro atoms. The lowest BCUT2D eigenvalue weighted by atomic mass is 10.2. The number of benzene rings is 1. The van der Waals surface area contributed by atoms with Crippen LogP contribution in [0.15, 0.2) is 39.0 Å². The van der Waals surface area contributed by atoms with Gasteiger partial charge in [-0.05, 0) is 40.5 Å². The summed E-state index contributed by atoms with van der Waals surface area (Å²) in [6.07, 6.45) is 0. The average molecular weight is 381 g/mol. The van der Waals surface area contributed by atoms with Gasteiger partial charge in [0.05, 0.1) is 8.68 Å². The van der Waals surface area contributed by atoms with Crippen molar-refractivity contribution in [2.75, 3.05) is 0 Å². The molecule has 19 heavy (non-hydrogen) atoms. The Morgan fingerprint density at radius 2 is 2.05 bits per heavy atom. The van der Waals surface area contributed by atoms with Crippen molar-refractivity contribution in [3.8, 4) is 0 Å². The average Bonchev–Trinajstić information content (AvgIpc) is 2.68. The number of sulfonamides is 1. The van der Waals surface area contributed by atoms with Crippen molar-refractivity contribution in [1.29, 1.82) is 0 Å². The molecule has 0 atom stereocenters. The number of hydrogen-bond donors (Lipinski definition) is 1. The maximum absolute atomic E-state index is 12.2. The summed E-state index contributed by atoms with van der Waals surface area (Å²) in [7, 11) is -3.51. The third-order valence-electron chi connectivity index (χ3n) is 2.54. The van der Waals surface area contributed by atoms with Gasteiger partial charge in [0.25, 0.3) is 0 Å². The van der Waals surface area contributed by atoms with Gasteiger partial charge in [0.2, 0.25) is 10.0 Å². The minimum Gasteiger partial charge on any atom is -0.207 e. The van der Waals surface area contributed by atoms with Crippen LogP contribution in [0, 0.1) is 6.92 Å². The van der Waals surface area contributed by atoms with E-state index in [-0.39, 0.29) is 6.54 Å². The topological polar surface area (TPSA) is 46.2 Å². The molecular weight excluding hydrogens is 370 g/mol. The largest absolute Gasteiger partial charge is 0.242 e. The Kier molecular flexibility index (Phi) is 4.68. The fourth-order valence-electron chi connectivity index (χ4n) is 1.59. The Morgan fingerprint density at radius 1 is 1.37 bits per heavy atom. The van der Waals surface area contributed by atoms with E-state index in [4.69, 9.17) is 11.6 Å². The highest BCUT2D eigenvalue weighted by atomic mass is 79.9. The summed E-state index contributed by atoms with van der Waals surface area (Å²) in [6, 6.07) is 8.76. The third kappa shape index (κ3) is 3.58. The molecule has 0 aliphatic rings. The van der Waals surface area contributed by atoms with Gasteiger partial charge in [0.1, 0.15) is 0 Å². The molecule has 0 unspecified atom stereocenters. The van der Waals surface area contributed by atoms with Gasteiger partial charge in [-0.3, -0.25) is 0 Å². The molecule has 0 radical (unpaired) electrons. The van der Waals surface area contributed by atoms with Crippen LogP contribution in [0.5, 0.6) is 0 Å². The summed E-state index contributed by atoms with van der Waals surface area (Å²) in [5, 5.41) is 0.549. The number of thiophene rings is 1. The summed E-state index contributed by atoms with van der Waals surface area (Å²) in [5.74, 6) is 0. The first-order valence-corrected chi connectivity index (χ1v) is 8.86. The van der Waals surface area contributed by atoms with Gasteiger partial charge in [-0.25, -0.2) is 13.1 Å². The molecule has 2 rings (SSSR count). The Hall–Kier alpha value is -0.400. The maximum atomic E-state index is 12.2. The summed E-state index contributed by atoms with van der Waals surface area (Å²) in [6.45, 7) is 1.95. The predicted molar refractivity (Wildman–Crippen MR) is 82.2 cm³/mol. The maximum Gasteiger partial charge on any atom is 0.242 e. The molecule has 0 saturated heterocycles. The lowest BCUT2D eigenvalue weighted by Crippen LogP contribution is -2.23. The van der Waals surface area contributed by atoms with E-state index in [0.29, 0.717) is 9.92 Å².